The summed E-state index contributed by atoms with van der Waals surface area (Å²) in [6.45, 7) is 5.30. The minimum absolute atomic E-state index is 0.202. The van der Waals surface area contributed by atoms with Gasteiger partial charge in [0.1, 0.15) is 0 Å². The van der Waals surface area contributed by atoms with Crippen molar-refractivity contribution in [3.8, 4) is 0 Å². The van der Waals surface area contributed by atoms with Crippen LogP contribution in [0.25, 0.3) is 0 Å². The second-order valence-corrected chi connectivity index (χ2v) is 5.71. The highest BCUT2D eigenvalue weighted by molar-refractivity contribution is 5.95. The number of rotatable bonds is 7. The molecule has 110 valence electrons. The Morgan fingerprint density at radius 2 is 2.00 bits per heavy atom. The highest BCUT2D eigenvalue weighted by atomic mass is 16.2. The minimum Gasteiger partial charge on any atom is -0.338 e. The van der Waals surface area contributed by atoms with Gasteiger partial charge in [-0.2, -0.15) is 0 Å². The van der Waals surface area contributed by atoms with E-state index in [2.05, 4.69) is 10.6 Å². The molecule has 4 N–H and O–H groups in total. The Bertz CT molecular complexity index is 316. The number of hydrogen-bond donors (Lipinski definition) is 3. The van der Waals surface area contributed by atoms with Crippen LogP contribution in [0.2, 0.25) is 0 Å². The third-order valence-corrected chi connectivity index (χ3v) is 3.29. The molecule has 0 spiro atoms. The zero-order chi connectivity index (χ0) is 14.4. The van der Waals surface area contributed by atoms with E-state index in [0.29, 0.717) is 24.9 Å². The van der Waals surface area contributed by atoms with Gasteiger partial charge in [-0.25, -0.2) is 4.79 Å². The first-order valence-electron chi connectivity index (χ1n) is 6.92. The van der Waals surface area contributed by atoms with Crippen LogP contribution >= 0.6 is 0 Å². The Morgan fingerprint density at radius 1 is 1.37 bits per heavy atom. The van der Waals surface area contributed by atoms with Crippen molar-refractivity contribution in [3.05, 3.63) is 0 Å². The van der Waals surface area contributed by atoms with E-state index in [1.54, 1.807) is 0 Å². The molecule has 0 aliphatic heterocycles. The van der Waals surface area contributed by atoms with E-state index in [9.17, 15) is 9.59 Å². The number of nitrogens with one attached hydrogen (secondary N) is 2. The van der Waals surface area contributed by atoms with Crippen LogP contribution in [-0.4, -0.2) is 49.6 Å². The Labute approximate surface area is 115 Å². The summed E-state index contributed by atoms with van der Waals surface area (Å²) in [7, 11) is 1.88. The molecule has 6 nitrogen and oxygen atoms in total. The lowest BCUT2D eigenvalue weighted by atomic mass is 10.1. The van der Waals surface area contributed by atoms with Crippen LogP contribution in [0, 0.1) is 11.8 Å². The number of nitrogens with two attached hydrogens (primary N) is 1. The van der Waals surface area contributed by atoms with Crippen molar-refractivity contribution in [2.45, 2.75) is 32.7 Å². The zero-order valence-corrected chi connectivity index (χ0v) is 12.1. The molecule has 1 aliphatic carbocycles. The summed E-state index contributed by atoms with van der Waals surface area (Å²) in [5.41, 5.74) is 5.72. The fraction of sp³-hybridized carbons (Fsp3) is 0.846. The predicted molar refractivity (Wildman–Crippen MR) is 74.6 cm³/mol. The smallest absolute Gasteiger partial charge is 0.321 e. The van der Waals surface area contributed by atoms with Crippen molar-refractivity contribution in [2.24, 2.45) is 17.6 Å². The van der Waals surface area contributed by atoms with E-state index >= 15 is 0 Å². The van der Waals surface area contributed by atoms with Crippen molar-refractivity contribution in [1.82, 2.24) is 15.5 Å². The van der Waals surface area contributed by atoms with Gasteiger partial charge >= 0.3 is 6.03 Å². The van der Waals surface area contributed by atoms with Gasteiger partial charge < -0.3 is 11.1 Å². The van der Waals surface area contributed by atoms with Crippen molar-refractivity contribution in [2.75, 3.05) is 26.7 Å². The fourth-order valence-corrected chi connectivity index (χ4v) is 2.06. The van der Waals surface area contributed by atoms with Crippen LogP contribution in [0.5, 0.6) is 0 Å². The van der Waals surface area contributed by atoms with Crippen LogP contribution in [0.15, 0.2) is 0 Å². The lowest BCUT2D eigenvalue weighted by Gasteiger charge is -2.26. The normalized spacial score (nSPS) is 16.5. The zero-order valence-electron chi connectivity index (χ0n) is 12.1. The topological polar surface area (TPSA) is 87.5 Å². The Morgan fingerprint density at radius 3 is 2.47 bits per heavy atom. The van der Waals surface area contributed by atoms with Gasteiger partial charge in [-0.1, -0.05) is 13.8 Å². The molecule has 1 rings (SSSR count). The van der Waals surface area contributed by atoms with E-state index in [0.717, 1.165) is 0 Å². The molecule has 1 aliphatic rings. The molecule has 0 bridgehead atoms. The first-order chi connectivity index (χ1) is 8.93. The largest absolute Gasteiger partial charge is 0.338 e. The van der Waals surface area contributed by atoms with Gasteiger partial charge in [0.05, 0.1) is 6.54 Å². The summed E-state index contributed by atoms with van der Waals surface area (Å²) in [6, 6.07) is -0.188. The first-order valence-corrected chi connectivity index (χ1v) is 6.92. The lowest BCUT2D eigenvalue weighted by Crippen LogP contribution is -2.48. The summed E-state index contributed by atoms with van der Waals surface area (Å²) < 4.78 is 0. The number of amides is 3. The molecule has 0 saturated heterocycles. The molecule has 19 heavy (non-hydrogen) atoms. The Kier molecular flexibility index (Phi) is 6.24. The highest BCUT2D eigenvalue weighted by Crippen LogP contribution is 2.34. The maximum atomic E-state index is 11.7. The van der Waals surface area contributed by atoms with Crippen LogP contribution < -0.4 is 16.4 Å². The average Bonchev–Trinajstić information content (AvgIpc) is 3.11. The highest BCUT2D eigenvalue weighted by Gasteiger charge is 2.33. The quantitative estimate of drug-likeness (QED) is 0.614. The average molecular weight is 270 g/mol. The second-order valence-electron chi connectivity index (χ2n) is 5.71. The SMILES string of the molecule is CC(C)CNC(=O)NC(=O)CN(C)C(CN)C1CC1. The molecule has 1 fully saturated rings. The maximum absolute atomic E-state index is 11.7. The Hall–Kier alpha value is -1.14. The van der Waals surface area contributed by atoms with Crippen LogP contribution in [-0.2, 0) is 4.79 Å². The van der Waals surface area contributed by atoms with Gasteiger partial charge in [-0.05, 0) is 31.7 Å². The molecule has 0 aromatic carbocycles. The third kappa shape index (κ3) is 6.02. The molecule has 1 saturated carbocycles. The second kappa shape index (κ2) is 7.45. The van der Waals surface area contributed by atoms with Gasteiger partial charge in [0.2, 0.25) is 5.91 Å². The first kappa shape index (κ1) is 15.9. The Balaban J connectivity index is 2.27. The fourth-order valence-electron chi connectivity index (χ4n) is 2.06. The van der Waals surface area contributed by atoms with Crippen molar-refractivity contribution in [1.29, 1.82) is 0 Å². The number of urea groups is 1. The molecule has 1 unspecified atom stereocenters. The minimum atomic E-state index is -0.428. The van der Waals surface area contributed by atoms with Gasteiger partial charge in [-0.3, -0.25) is 15.0 Å². The summed E-state index contributed by atoms with van der Waals surface area (Å²) in [5.74, 6) is 0.681. The summed E-state index contributed by atoms with van der Waals surface area (Å²) in [4.78, 5) is 25.1. The number of carbonyl (C=O) groups is 2. The lowest BCUT2D eigenvalue weighted by molar-refractivity contribution is -0.121. The van der Waals surface area contributed by atoms with E-state index in [-0.39, 0.29) is 18.5 Å². The molecular weight excluding hydrogens is 244 g/mol. The molecular formula is C13H26N4O2. The van der Waals surface area contributed by atoms with E-state index in [1.807, 2.05) is 25.8 Å². The van der Waals surface area contributed by atoms with Gasteiger partial charge in [0, 0.05) is 19.1 Å². The summed E-state index contributed by atoms with van der Waals surface area (Å²) >= 11 is 0. The van der Waals surface area contributed by atoms with Gasteiger partial charge in [-0.15, -0.1) is 0 Å². The number of nitrogens with zero attached hydrogens (tertiary/aromatic N) is 1. The number of carbonyl (C=O) groups excluding carboxylic acids is 2. The standard InChI is InChI=1S/C13H26N4O2/c1-9(2)7-15-13(19)16-12(18)8-17(3)11(6-14)10-4-5-10/h9-11H,4-8,14H2,1-3H3,(H2,15,16,18,19). The number of hydrogen-bond acceptors (Lipinski definition) is 4. The van der Waals surface area contributed by atoms with Crippen molar-refractivity contribution >= 4 is 11.9 Å². The third-order valence-electron chi connectivity index (χ3n) is 3.29. The number of likely N-dealkylation sites (N-methyl/N-ethyl adjacent to an activating group) is 1. The molecule has 6 heteroatoms. The molecule has 1 atom stereocenters. The predicted octanol–water partition coefficient (Wildman–Crippen LogP) is 0.137. The summed E-state index contributed by atoms with van der Waals surface area (Å²) in [5, 5.41) is 4.98. The number of imide groups is 1. The van der Waals surface area contributed by atoms with Gasteiger partial charge in [0.25, 0.3) is 0 Å². The van der Waals surface area contributed by atoms with Gasteiger partial charge in [0.15, 0.2) is 0 Å². The molecule has 3 amide bonds. The van der Waals surface area contributed by atoms with Crippen LogP contribution in [0.4, 0.5) is 4.79 Å². The molecule has 0 aromatic heterocycles. The molecule has 0 aromatic rings. The maximum Gasteiger partial charge on any atom is 0.321 e. The van der Waals surface area contributed by atoms with E-state index < -0.39 is 6.03 Å². The monoisotopic (exact) mass is 270 g/mol. The molecule has 0 radical (unpaired) electrons. The van der Waals surface area contributed by atoms with Crippen LogP contribution in [0.1, 0.15) is 26.7 Å². The van der Waals surface area contributed by atoms with Crippen LogP contribution in [0.3, 0.4) is 0 Å². The molecule has 0 heterocycles. The van der Waals surface area contributed by atoms with Crippen molar-refractivity contribution < 1.29 is 9.59 Å². The van der Waals surface area contributed by atoms with Crippen molar-refractivity contribution in [3.63, 3.8) is 0 Å². The van der Waals surface area contributed by atoms with E-state index in [1.165, 1.54) is 12.8 Å². The van der Waals surface area contributed by atoms with E-state index in [4.69, 9.17) is 5.73 Å². The summed E-state index contributed by atoms with van der Waals surface area (Å²) in [6.07, 6.45) is 2.37.